The lowest BCUT2D eigenvalue weighted by molar-refractivity contribution is 0.167. The van der Waals surface area contributed by atoms with E-state index in [-0.39, 0.29) is 6.03 Å². The standard InChI is InChI=1S/C16H19N3O4/c1-3-19(16(20)17-14-9-11(2)23-18-14)10-12-5-4-6-13-15(12)22-8-7-21-13/h4-6,9H,3,7-8,10H2,1-2H3,(H,17,18,20). The maximum Gasteiger partial charge on any atom is 0.323 e. The van der Waals surface area contributed by atoms with Crippen LogP contribution in [0, 0.1) is 6.92 Å². The second-order valence-corrected chi connectivity index (χ2v) is 5.21. The Morgan fingerprint density at radius 3 is 2.91 bits per heavy atom. The molecule has 0 radical (unpaired) electrons. The highest BCUT2D eigenvalue weighted by atomic mass is 16.6. The van der Waals surface area contributed by atoms with Crippen molar-refractivity contribution in [3.8, 4) is 11.5 Å². The summed E-state index contributed by atoms with van der Waals surface area (Å²) < 4.78 is 16.2. The molecule has 0 saturated heterocycles. The number of carbonyl (C=O) groups is 1. The molecule has 0 saturated carbocycles. The van der Waals surface area contributed by atoms with Crippen LogP contribution in [-0.4, -0.2) is 35.8 Å². The number of nitrogens with zero attached hydrogens (tertiary/aromatic N) is 2. The van der Waals surface area contributed by atoms with Crippen LogP contribution >= 0.6 is 0 Å². The second kappa shape index (κ2) is 6.60. The molecule has 0 aliphatic carbocycles. The summed E-state index contributed by atoms with van der Waals surface area (Å²) in [6.45, 7) is 5.72. The fourth-order valence-electron chi connectivity index (χ4n) is 2.41. The highest BCUT2D eigenvalue weighted by Gasteiger charge is 2.20. The first-order valence-corrected chi connectivity index (χ1v) is 7.54. The molecule has 0 spiro atoms. The Morgan fingerprint density at radius 2 is 2.17 bits per heavy atom. The highest BCUT2D eigenvalue weighted by Crippen LogP contribution is 2.34. The molecule has 23 heavy (non-hydrogen) atoms. The first-order chi connectivity index (χ1) is 11.2. The van der Waals surface area contributed by atoms with Gasteiger partial charge in [-0.05, 0) is 19.9 Å². The fraction of sp³-hybridized carbons (Fsp3) is 0.375. The zero-order valence-corrected chi connectivity index (χ0v) is 13.2. The zero-order chi connectivity index (χ0) is 16.2. The van der Waals surface area contributed by atoms with Gasteiger partial charge in [0.25, 0.3) is 0 Å². The number of benzene rings is 1. The van der Waals surface area contributed by atoms with Gasteiger partial charge in [-0.1, -0.05) is 17.3 Å². The number of aryl methyl sites for hydroxylation is 1. The summed E-state index contributed by atoms with van der Waals surface area (Å²) in [4.78, 5) is 14.1. The number of anilines is 1. The summed E-state index contributed by atoms with van der Waals surface area (Å²) in [6, 6.07) is 7.13. The molecule has 1 N–H and O–H groups in total. The van der Waals surface area contributed by atoms with E-state index >= 15 is 0 Å². The molecule has 7 nitrogen and oxygen atoms in total. The van der Waals surface area contributed by atoms with Gasteiger partial charge in [0, 0.05) is 18.2 Å². The molecule has 2 aromatic rings. The Balaban J connectivity index is 1.73. The summed E-state index contributed by atoms with van der Waals surface area (Å²) in [6.07, 6.45) is 0. The number of ether oxygens (including phenoxy) is 2. The third-order valence-corrected chi connectivity index (χ3v) is 3.54. The lowest BCUT2D eigenvalue weighted by atomic mass is 10.1. The summed E-state index contributed by atoms with van der Waals surface area (Å²) in [5.41, 5.74) is 0.913. The second-order valence-electron chi connectivity index (χ2n) is 5.21. The predicted molar refractivity (Wildman–Crippen MR) is 83.8 cm³/mol. The Kier molecular flexibility index (Phi) is 4.36. The third kappa shape index (κ3) is 3.39. The van der Waals surface area contributed by atoms with Crippen molar-refractivity contribution in [3.05, 3.63) is 35.6 Å². The molecule has 0 unspecified atom stereocenters. The molecule has 2 heterocycles. The Morgan fingerprint density at radius 1 is 1.35 bits per heavy atom. The van der Waals surface area contributed by atoms with Gasteiger partial charge < -0.3 is 18.9 Å². The predicted octanol–water partition coefficient (Wildman–Crippen LogP) is 2.81. The fourth-order valence-corrected chi connectivity index (χ4v) is 2.41. The average molecular weight is 317 g/mol. The van der Waals surface area contributed by atoms with Crippen LogP contribution in [-0.2, 0) is 6.54 Å². The number of nitrogens with one attached hydrogen (secondary N) is 1. The largest absolute Gasteiger partial charge is 0.486 e. The van der Waals surface area contributed by atoms with Gasteiger partial charge in [0.15, 0.2) is 17.3 Å². The number of amides is 2. The maximum absolute atomic E-state index is 12.4. The van der Waals surface area contributed by atoms with Crippen LogP contribution < -0.4 is 14.8 Å². The monoisotopic (exact) mass is 317 g/mol. The van der Waals surface area contributed by atoms with Crippen molar-refractivity contribution in [2.45, 2.75) is 20.4 Å². The SMILES string of the molecule is CCN(Cc1cccc2c1OCCO2)C(=O)Nc1cc(C)on1. The van der Waals surface area contributed by atoms with Crippen LogP contribution in [0.5, 0.6) is 11.5 Å². The van der Waals surface area contributed by atoms with Crippen molar-refractivity contribution in [1.29, 1.82) is 0 Å². The zero-order valence-electron chi connectivity index (χ0n) is 13.2. The van der Waals surface area contributed by atoms with E-state index in [1.165, 1.54) is 0 Å². The summed E-state index contributed by atoms with van der Waals surface area (Å²) in [5.74, 6) is 2.48. The van der Waals surface area contributed by atoms with Crippen molar-refractivity contribution in [1.82, 2.24) is 10.1 Å². The van der Waals surface area contributed by atoms with E-state index in [0.29, 0.717) is 43.6 Å². The van der Waals surface area contributed by atoms with Crippen molar-refractivity contribution < 1.29 is 18.8 Å². The minimum absolute atomic E-state index is 0.241. The van der Waals surface area contributed by atoms with Crippen molar-refractivity contribution in [2.24, 2.45) is 0 Å². The van der Waals surface area contributed by atoms with Gasteiger partial charge in [-0.2, -0.15) is 0 Å². The van der Waals surface area contributed by atoms with Gasteiger partial charge in [-0.3, -0.25) is 5.32 Å². The molecule has 0 bridgehead atoms. The van der Waals surface area contributed by atoms with E-state index in [9.17, 15) is 4.79 Å². The number of para-hydroxylation sites is 1. The number of carbonyl (C=O) groups excluding carboxylic acids is 1. The average Bonchev–Trinajstić information content (AvgIpc) is 2.97. The number of hydrogen-bond donors (Lipinski definition) is 1. The van der Waals surface area contributed by atoms with Gasteiger partial charge in [-0.25, -0.2) is 4.79 Å². The quantitative estimate of drug-likeness (QED) is 0.938. The lowest BCUT2D eigenvalue weighted by Crippen LogP contribution is -2.34. The van der Waals surface area contributed by atoms with Crippen LogP contribution in [0.2, 0.25) is 0 Å². The normalized spacial score (nSPS) is 12.8. The summed E-state index contributed by atoms with van der Waals surface area (Å²) >= 11 is 0. The molecule has 7 heteroatoms. The molecular formula is C16H19N3O4. The number of rotatable bonds is 4. The lowest BCUT2D eigenvalue weighted by Gasteiger charge is -2.25. The molecule has 2 amide bonds. The first kappa shape index (κ1) is 15.2. The number of urea groups is 1. The molecule has 0 fully saturated rings. The molecular weight excluding hydrogens is 298 g/mol. The van der Waals surface area contributed by atoms with E-state index in [1.54, 1.807) is 17.9 Å². The van der Waals surface area contributed by atoms with Crippen LogP contribution in [0.3, 0.4) is 0 Å². The van der Waals surface area contributed by atoms with Crippen LogP contribution in [0.25, 0.3) is 0 Å². The van der Waals surface area contributed by atoms with Crippen molar-refractivity contribution in [2.75, 3.05) is 25.1 Å². The van der Waals surface area contributed by atoms with Crippen molar-refractivity contribution >= 4 is 11.8 Å². The van der Waals surface area contributed by atoms with Crippen LogP contribution in [0.4, 0.5) is 10.6 Å². The van der Waals surface area contributed by atoms with E-state index in [4.69, 9.17) is 14.0 Å². The van der Waals surface area contributed by atoms with Crippen molar-refractivity contribution in [3.63, 3.8) is 0 Å². The highest BCUT2D eigenvalue weighted by molar-refractivity contribution is 5.88. The molecule has 1 aliphatic rings. The van der Waals surface area contributed by atoms with E-state index in [0.717, 1.165) is 11.3 Å². The Bertz CT molecular complexity index is 698. The number of fused-ring (bicyclic) bond motifs is 1. The number of hydrogen-bond acceptors (Lipinski definition) is 5. The van der Waals surface area contributed by atoms with Gasteiger partial charge in [0.2, 0.25) is 0 Å². The first-order valence-electron chi connectivity index (χ1n) is 7.54. The minimum Gasteiger partial charge on any atom is -0.486 e. The van der Waals surface area contributed by atoms with Crippen LogP contribution in [0.15, 0.2) is 28.8 Å². The van der Waals surface area contributed by atoms with Gasteiger partial charge in [0.1, 0.15) is 19.0 Å². The minimum atomic E-state index is -0.241. The third-order valence-electron chi connectivity index (χ3n) is 3.54. The van der Waals surface area contributed by atoms with Gasteiger partial charge in [0.05, 0.1) is 6.54 Å². The van der Waals surface area contributed by atoms with Gasteiger partial charge >= 0.3 is 6.03 Å². The summed E-state index contributed by atoms with van der Waals surface area (Å²) in [7, 11) is 0. The number of aromatic nitrogens is 1. The molecule has 1 aromatic carbocycles. The van der Waals surface area contributed by atoms with E-state index in [2.05, 4.69) is 10.5 Å². The molecule has 1 aromatic heterocycles. The molecule has 0 atom stereocenters. The molecule has 1 aliphatic heterocycles. The molecule has 3 rings (SSSR count). The van der Waals surface area contributed by atoms with E-state index < -0.39 is 0 Å². The summed E-state index contributed by atoms with van der Waals surface area (Å²) in [5, 5.41) is 6.50. The Hall–Kier alpha value is -2.70. The van der Waals surface area contributed by atoms with Gasteiger partial charge in [-0.15, -0.1) is 0 Å². The Labute approximate surface area is 134 Å². The maximum atomic E-state index is 12.4. The molecule has 122 valence electrons. The topological polar surface area (TPSA) is 76.8 Å². The smallest absolute Gasteiger partial charge is 0.323 e. The van der Waals surface area contributed by atoms with Crippen LogP contribution in [0.1, 0.15) is 18.2 Å². The van der Waals surface area contributed by atoms with E-state index in [1.807, 2.05) is 25.1 Å².